The molecule has 0 bridgehead atoms. The number of benzene rings is 2. The molecule has 0 saturated carbocycles. The highest BCUT2D eigenvalue weighted by Gasteiger charge is 2.25. The molecule has 0 spiro atoms. The molecule has 2 aromatic carbocycles. The van der Waals surface area contributed by atoms with Gasteiger partial charge in [-0.1, -0.05) is 42.5 Å². The highest BCUT2D eigenvalue weighted by atomic mass is 16.5. The Morgan fingerprint density at radius 3 is 2.44 bits per heavy atom. The third-order valence-electron chi connectivity index (χ3n) is 7.51. The maximum Gasteiger partial charge on any atom is 0.204 e. The second-order valence-corrected chi connectivity index (χ2v) is 9.73. The van der Waals surface area contributed by atoms with E-state index in [9.17, 15) is 0 Å². The summed E-state index contributed by atoms with van der Waals surface area (Å²) in [6.45, 7) is 11.5. The van der Waals surface area contributed by atoms with Gasteiger partial charge >= 0.3 is 0 Å². The van der Waals surface area contributed by atoms with Crippen LogP contribution in [0.3, 0.4) is 0 Å². The number of piperidine rings is 1. The van der Waals surface area contributed by atoms with Gasteiger partial charge in [0.25, 0.3) is 0 Å². The number of ether oxygens (including phenoxy) is 1. The van der Waals surface area contributed by atoms with Crippen LogP contribution < -0.4 is 5.32 Å². The van der Waals surface area contributed by atoms with Crippen LogP contribution in [0.15, 0.2) is 54.6 Å². The second-order valence-electron chi connectivity index (χ2n) is 9.73. The zero-order valence-corrected chi connectivity index (χ0v) is 20.5. The Morgan fingerprint density at radius 2 is 1.62 bits per heavy atom. The first-order valence-electron chi connectivity index (χ1n) is 13.1. The number of fused-ring (bicyclic) bond motifs is 1. The molecule has 6 heteroatoms. The topological polar surface area (TPSA) is 45.6 Å². The Bertz CT molecular complexity index is 1030. The lowest BCUT2D eigenvalue weighted by Crippen LogP contribution is -2.42. The van der Waals surface area contributed by atoms with Gasteiger partial charge in [-0.3, -0.25) is 0 Å². The fraction of sp³-hybridized carbons (Fsp3) is 0.536. The van der Waals surface area contributed by atoms with E-state index in [1.807, 2.05) is 6.92 Å². The predicted octanol–water partition coefficient (Wildman–Crippen LogP) is 4.44. The fourth-order valence-electron chi connectivity index (χ4n) is 5.51. The van der Waals surface area contributed by atoms with Crippen LogP contribution in [0.1, 0.15) is 37.7 Å². The number of rotatable bonds is 10. The minimum Gasteiger partial charge on any atom is -0.380 e. The molecular weight excluding hydrogens is 422 g/mol. The van der Waals surface area contributed by atoms with Crippen LogP contribution in [0, 0.1) is 0 Å². The SMILES string of the molecule is CCOCCn1c(NC2CCN(CCN3CCC(c4ccccc4)C3)CC2)nc2ccccc21. The van der Waals surface area contributed by atoms with Crippen molar-refractivity contribution in [1.82, 2.24) is 19.4 Å². The molecule has 2 saturated heterocycles. The van der Waals surface area contributed by atoms with Crippen molar-refractivity contribution in [2.75, 3.05) is 57.8 Å². The molecule has 0 amide bonds. The summed E-state index contributed by atoms with van der Waals surface area (Å²) in [7, 11) is 0. The molecule has 6 nitrogen and oxygen atoms in total. The number of imidazole rings is 1. The molecule has 3 aromatic rings. The molecule has 1 unspecified atom stereocenters. The second kappa shape index (κ2) is 11.3. The van der Waals surface area contributed by atoms with Crippen LogP contribution in [0.2, 0.25) is 0 Å². The standard InChI is InChI=1S/C28H39N5O/c1-2-34-21-20-33-27-11-7-6-10-26(27)30-28(33)29-25-13-16-31(17-14-25)18-19-32-15-12-24(22-32)23-8-4-3-5-9-23/h3-11,24-25H,2,12-22H2,1H3,(H,29,30). The van der Waals surface area contributed by atoms with Gasteiger partial charge in [-0.2, -0.15) is 0 Å². The minimum atomic E-state index is 0.480. The molecular formula is C28H39N5O. The van der Waals surface area contributed by atoms with Crippen molar-refractivity contribution in [3.8, 4) is 0 Å². The molecule has 5 rings (SSSR count). The van der Waals surface area contributed by atoms with Gasteiger partial charge in [0, 0.05) is 51.9 Å². The molecule has 2 fully saturated rings. The van der Waals surface area contributed by atoms with E-state index in [1.54, 1.807) is 0 Å². The fourth-order valence-corrected chi connectivity index (χ4v) is 5.51. The van der Waals surface area contributed by atoms with Gasteiger partial charge in [0.1, 0.15) is 0 Å². The lowest BCUT2D eigenvalue weighted by molar-refractivity contribution is 0.140. The normalized spacial score (nSPS) is 20.3. The molecule has 2 aliphatic heterocycles. The van der Waals surface area contributed by atoms with Crippen LogP contribution >= 0.6 is 0 Å². The number of hydrogen-bond donors (Lipinski definition) is 1. The number of anilines is 1. The quantitative estimate of drug-likeness (QED) is 0.452. The van der Waals surface area contributed by atoms with Crippen LogP contribution in [0.4, 0.5) is 5.95 Å². The van der Waals surface area contributed by atoms with Crippen molar-refractivity contribution < 1.29 is 4.74 Å². The van der Waals surface area contributed by atoms with E-state index in [0.717, 1.165) is 37.7 Å². The average molecular weight is 462 g/mol. The Morgan fingerprint density at radius 1 is 0.882 bits per heavy atom. The zero-order chi connectivity index (χ0) is 23.2. The van der Waals surface area contributed by atoms with E-state index < -0.39 is 0 Å². The number of hydrogen-bond acceptors (Lipinski definition) is 5. The molecule has 182 valence electrons. The molecule has 3 heterocycles. The summed E-state index contributed by atoms with van der Waals surface area (Å²) < 4.78 is 7.91. The van der Waals surface area contributed by atoms with E-state index in [-0.39, 0.29) is 0 Å². The highest BCUT2D eigenvalue weighted by Crippen LogP contribution is 2.27. The van der Waals surface area contributed by atoms with E-state index >= 15 is 0 Å². The van der Waals surface area contributed by atoms with Crippen molar-refractivity contribution in [2.45, 2.75) is 44.7 Å². The Hall–Kier alpha value is -2.41. The van der Waals surface area contributed by atoms with Crippen LogP contribution in [0.5, 0.6) is 0 Å². The van der Waals surface area contributed by atoms with Gasteiger partial charge in [0.05, 0.1) is 17.6 Å². The lowest BCUT2D eigenvalue weighted by atomic mass is 9.99. The van der Waals surface area contributed by atoms with Crippen LogP contribution in [-0.4, -0.2) is 77.9 Å². The largest absolute Gasteiger partial charge is 0.380 e. The van der Waals surface area contributed by atoms with Crippen molar-refractivity contribution in [2.24, 2.45) is 0 Å². The van der Waals surface area contributed by atoms with Crippen molar-refractivity contribution in [3.05, 3.63) is 60.2 Å². The summed E-state index contributed by atoms with van der Waals surface area (Å²) in [5.41, 5.74) is 3.74. The summed E-state index contributed by atoms with van der Waals surface area (Å²) >= 11 is 0. The monoisotopic (exact) mass is 461 g/mol. The number of nitrogens with one attached hydrogen (secondary N) is 1. The lowest BCUT2D eigenvalue weighted by Gasteiger charge is -2.33. The maximum absolute atomic E-state index is 5.63. The van der Waals surface area contributed by atoms with E-state index in [4.69, 9.17) is 9.72 Å². The predicted molar refractivity (Wildman–Crippen MR) is 140 cm³/mol. The van der Waals surface area contributed by atoms with E-state index in [0.29, 0.717) is 18.6 Å². The molecule has 0 aliphatic carbocycles. The van der Waals surface area contributed by atoms with Crippen molar-refractivity contribution >= 4 is 17.0 Å². The van der Waals surface area contributed by atoms with Gasteiger partial charge in [0.2, 0.25) is 5.95 Å². The zero-order valence-electron chi connectivity index (χ0n) is 20.5. The summed E-state index contributed by atoms with van der Waals surface area (Å²) in [4.78, 5) is 10.2. The van der Waals surface area contributed by atoms with E-state index in [2.05, 4.69) is 74.3 Å². The molecule has 2 aliphatic rings. The van der Waals surface area contributed by atoms with Gasteiger partial charge in [0.15, 0.2) is 0 Å². The maximum atomic E-state index is 5.63. The van der Waals surface area contributed by atoms with E-state index in [1.165, 1.54) is 56.5 Å². The van der Waals surface area contributed by atoms with Gasteiger partial charge in [-0.25, -0.2) is 4.98 Å². The molecule has 1 N–H and O–H groups in total. The van der Waals surface area contributed by atoms with Gasteiger partial charge in [-0.15, -0.1) is 0 Å². The van der Waals surface area contributed by atoms with Crippen molar-refractivity contribution in [3.63, 3.8) is 0 Å². The first-order chi connectivity index (χ1) is 16.8. The number of para-hydroxylation sites is 2. The summed E-state index contributed by atoms with van der Waals surface area (Å²) in [5, 5.41) is 3.77. The molecule has 34 heavy (non-hydrogen) atoms. The average Bonchev–Trinajstić information content (AvgIpc) is 3.49. The summed E-state index contributed by atoms with van der Waals surface area (Å²) in [6.07, 6.45) is 3.63. The number of nitrogens with zero attached hydrogens (tertiary/aromatic N) is 4. The van der Waals surface area contributed by atoms with Crippen molar-refractivity contribution in [1.29, 1.82) is 0 Å². The minimum absolute atomic E-state index is 0.480. The Labute approximate surface area is 203 Å². The van der Waals surface area contributed by atoms with Crippen LogP contribution in [0.25, 0.3) is 11.0 Å². The van der Waals surface area contributed by atoms with Crippen LogP contribution in [-0.2, 0) is 11.3 Å². The third-order valence-corrected chi connectivity index (χ3v) is 7.51. The molecule has 1 atom stereocenters. The Balaban J connectivity index is 1.09. The molecule has 0 radical (unpaired) electrons. The first kappa shape index (κ1) is 23.3. The highest BCUT2D eigenvalue weighted by molar-refractivity contribution is 5.78. The Kier molecular flexibility index (Phi) is 7.79. The number of likely N-dealkylation sites (tertiary alicyclic amines) is 2. The summed E-state index contributed by atoms with van der Waals surface area (Å²) in [6, 6.07) is 19.9. The smallest absolute Gasteiger partial charge is 0.204 e. The molecule has 1 aromatic heterocycles. The van der Waals surface area contributed by atoms with Gasteiger partial charge < -0.3 is 24.4 Å². The first-order valence-corrected chi connectivity index (χ1v) is 13.1. The summed E-state index contributed by atoms with van der Waals surface area (Å²) in [5.74, 6) is 1.70. The third kappa shape index (κ3) is 5.62. The van der Waals surface area contributed by atoms with Gasteiger partial charge in [-0.05, 0) is 56.3 Å². The number of aromatic nitrogens is 2.